The third-order valence-electron chi connectivity index (χ3n) is 4.51. The second kappa shape index (κ2) is 5.93. The minimum Gasteiger partial charge on any atom is -0.371 e. The molecule has 0 saturated carbocycles. The molecule has 2 aromatic rings. The molecule has 0 aromatic heterocycles. The Labute approximate surface area is 128 Å². The monoisotopic (exact) mass is 279 g/mol. The summed E-state index contributed by atoms with van der Waals surface area (Å²) in [5.74, 6) is 0.796. The van der Waals surface area contributed by atoms with Crippen molar-refractivity contribution < 1.29 is 0 Å². The molecule has 21 heavy (non-hydrogen) atoms. The Hall–Kier alpha value is -1.76. The molecule has 1 atom stereocenters. The molecule has 1 nitrogen and oxygen atoms in total. The van der Waals surface area contributed by atoms with Crippen molar-refractivity contribution in [1.29, 1.82) is 0 Å². The quantitative estimate of drug-likeness (QED) is 0.729. The molecule has 1 heterocycles. The van der Waals surface area contributed by atoms with E-state index in [0.717, 1.165) is 5.92 Å². The van der Waals surface area contributed by atoms with Gasteiger partial charge in [-0.3, -0.25) is 0 Å². The first-order valence-corrected chi connectivity index (χ1v) is 8.06. The van der Waals surface area contributed by atoms with Gasteiger partial charge in [0.15, 0.2) is 0 Å². The van der Waals surface area contributed by atoms with Crippen molar-refractivity contribution in [2.75, 3.05) is 18.0 Å². The SMILES string of the molecule is Cc1ccc(-c2ccc(C)cc2N2CCCC(C)C2)cc1. The van der Waals surface area contributed by atoms with Crippen LogP contribution in [0.25, 0.3) is 11.1 Å². The lowest BCUT2D eigenvalue weighted by Gasteiger charge is -2.34. The Balaban J connectivity index is 2.02. The van der Waals surface area contributed by atoms with Gasteiger partial charge in [-0.1, -0.05) is 48.9 Å². The Morgan fingerprint density at radius 1 is 0.952 bits per heavy atom. The number of hydrogen-bond donors (Lipinski definition) is 0. The molecule has 2 aromatic carbocycles. The van der Waals surface area contributed by atoms with Gasteiger partial charge in [0.2, 0.25) is 0 Å². The molecule has 1 fully saturated rings. The van der Waals surface area contributed by atoms with Crippen LogP contribution in [0.3, 0.4) is 0 Å². The van der Waals surface area contributed by atoms with Crippen molar-refractivity contribution in [2.45, 2.75) is 33.6 Å². The summed E-state index contributed by atoms with van der Waals surface area (Å²) in [7, 11) is 0. The highest BCUT2D eigenvalue weighted by Crippen LogP contribution is 2.34. The fourth-order valence-corrected chi connectivity index (χ4v) is 3.29. The van der Waals surface area contributed by atoms with E-state index in [0.29, 0.717) is 0 Å². The molecule has 1 unspecified atom stereocenters. The zero-order valence-electron chi connectivity index (χ0n) is 13.4. The van der Waals surface area contributed by atoms with Gasteiger partial charge in [-0.2, -0.15) is 0 Å². The van der Waals surface area contributed by atoms with Gasteiger partial charge >= 0.3 is 0 Å². The summed E-state index contributed by atoms with van der Waals surface area (Å²) in [6.45, 7) is 9.07. The van der Waals surface area contributed by atoms with Crippen molar-refractivity contribution in [1.82, 2.24) is 0 Å². The van der Waals surface area contributed by atoms with E-state index >= 15 is 0 Å². The number of benzene rings is 2. The van der Waals surface area contributed by atoms with Crippen molar-refractivity contribution in [2.24, 2.45) is 5.92 Å². The fourth-order valence-electron chi connectivity index (χ4n) is 3.29. The lowest BCUT2D eigenvalue weighted by atomic mass is 9.96. The van der Waals surface area contributed by atoms with Gasteiger partial charge in [0.25, 0.3) is 0 Å². The predicted octanol–water partition coefficient (Wildman–Crippen LogP) is 5.21. The number of nitrogens with zero attached hydrogens (tertiary/aromatic N) is 1. The summed E-state index contributed by atoms with van der Waals surface area (Å²) in [5.41, 5.74) is 6.77. The Morgan fingerprint density at radius 2 is 1.67 bits per heavy atom. The largest absolute Gasteiger partial charge is 0.371 e. The van der Waals surface area contributed by atoms with Crippen molar-refractivity contribution in [3.05, 3.63) is 53.6 Å². The summed E-state index contributed by atoms with van der Waals surface area (Å²) in [6.07, 6.45) is 2.67. The highest BCUT2D eigenvalue weighted by molar-refractivity contribution is 5.79. The van der Waals surface area contributed by atoms with E-state index < -0.39 is 0 Å². The summed E-state index contributed by atoms with van der Waals surface area (Å²) in [6, 6.07) is 15.8. The summed E-state index contributed by atoms with van der Waals surface area (Å²) in [5, 5.41) is 0. The molecule has 1 saturated heterocycles. The van der Waals surface area contributed by atoms with Gasteiger partial charge in [0.1, 0.15) is 0 Å². The molecule has 0 bridgehead atoms. The molecule has 1 aliphatic heterocycles. The average molecular weight is 279 g/mol. The zero-order chi connectivity index (χ0) is 14.8. The van der Waals surface area contributed by atoms with Crippen LogP contribution in [0.2, 0.25) is 0 Å². The molecule has 3 rings (SSSR count). The van der Waals surface area contributed by atoms with Crippen LogP contribution in [0.5, 0.6) is 0 Å². The number of anilines is 1. The second-order valence-electron chi connectivity index (χ2n) is 6.58. The highest BCUT2D eigenvalue weighted by Gasteiger charge is 2.19. The van der Waals surface area contributed by atoms with Crippen LogP contribution in [-0.4, -0.2) is 13.1 Å². The molecule has 1 heteroatoms. The van der Waals surface area contributed by atoms with Crippen LogP contribution >= 0.6 is 0 Å². The van der Waals surface area contributed by atoms with Crippen LogP contribution in [-0.2, 0) is 0 Å². The van der Waals surface area contributed by atoms with E-state index in [2.05, 4.69) is 68.1 Å². The second-order valence-corrected chi connectivity index (χ2v) is 6.58. The maximum Gasteiger partial charge on any atom is 0.0448 e. The van der Waals surface area contributed by atoms with Crippen LogP contribution in [0.1, 0.15) is 30.9 Å². The van der Waals surface area contributed by atoms with Gasteiger partial charge in [0, 0.05) is 24.3 Å². The molecule has 0 spiro atoms. The topological polar surface area (TPSA) is 3.24 Å². The lowest BCUT2D eigenvalue weighted by Crippen LogP contribution is -2.34. The third kappa shape index (κ3) is 3.12. The van der Waals surface area contributed by atoms with Gasteiger partial charge in [-0.25, -0.2) is 0 Å². The van der Waals surface area contributed by atoms with Crippen molar-refractivity contribution in [3.63, 3.8) is 0 Å². The normalized spacial score (nSPS) is 18.8. The van der Waals surface area contributed by atoms with Crippen LogP contribution in [0, 0.1) is 19.8 Å². The van der Waals surface area contributed by atoms with Crippen molar-refractivity contribution in [3.8, 4) is 11.1 Å². The first kappa shape index (κ1) is 14.2. The Morgan fingerprint density at radius 3 is 2.38 bits per heavy atom. The van der Waals surface area contributed by atoms with E-state index in [4.69, 9.17) is 0 Å². The van der Waals surface area contributed by atoms with Gasteiger partial charge < -0.3 is 4.90 Å². The van der Waals surface area contributed by atoms with Crippen molar-refractivity contribution >= 4 is 5.69 Å². The standard InChI is InChI=1S/C20H25N/c1-15-6-9-18(10-7-15)19-11-8-16(2)13-20(19)21-12-4-5-17(3)14-21/h6-11,13,17H,4-5,12,14H2,1-3H3. The summed E-state index contributed by atoms with van der Waals surface area (Å²) < 4.78 is 0. The zero-order valence-corrected chi connectivity index (χ0v) is 13.4. The maximum atomic E-state index is 2.58. The maximum absolute atomic E-state index is 2.58. The molecule has 110 valence electrons. The van der Waals surface area contributed by atoms with E-state index in [1.54, 1.807) is 0 Å². The summed E-state index contributed by atoms with van der Waals surface area (Å²) in [4.78, 5) is 2.58. The molecule has 0 radical (unpaired) electrons. The average Bonchev–Trinajstić information content (AvgIpc) is 2.48. The molecular weight excluding hydrogens is 254 g/mol. The molecule has 1 aliphatic rings. The minimum atomic E-state index is 0.796. The first-order valence-electron chi connectivity index (χ1n) is 8.06. The lowest BCUT2D eigenvalue weighted by molar-refractivity contribution is 0.447. The number of rotatable bonds is 2. The Bertz CT molecular complexity index is 612. The van der Waals surface area contributed by atoms with Crippen LogP contribution < -0.4 is 4.90 Å². The Kier molecular flexibility index (Phi) is 4.01. The van der Waals surface area contributed by atoms with E-state index in [9.17, 15) is 0 Å². The highest BCUT2D eigenvalue weighted by atomic mass is 15.1. The smallest absolute Gasteiger partial charge is 0.0448 e. The van der Waals surface area contributed by atoms with E-state index in [-0.39, 0.29) is 0 Å². The summed E-state index contributed by atoms with van der Waals surface area (Å²) >= 11 is 0. The molecule has 0 aliphatic carbocycles. The van der Waals surface area contributed by atoms with Gasteiger partial charge in [-0.05, 0) is 49.8 Å². The van der Waals surface area contributed by atoms with Gasteiger partial charge in [0.05, 0.1) is 0 Å². The fraction of sp³-hybridized carbons (Fsp3) is 0.400. The molecule has 0 amide bonds. The van der Waals surface area contributed by atoms with Crippen LogP contribution in [0.15, 0.2) is 42.5 Å². The first-order chi connectivity index (χ1) is 10.1. The minimum absolute atomic E-state index is 0.796. The number of piperidine rings is 1. The van der Waals surface area contributed by atoms with E-state index in [1.807, 2.05) is 0 Å². The number of aryl methyl sites for hydroxylation is 2. The third-order valence-corrected chi connectivity index (χ3v) is 4.51. The molecular formula is C20H25N. The number of hydrogen-bond acceptors (Lipinski definition) is 1. The van der Waals surface area contributed by atoms with E-state index in [1.165, 1.54) is 53.9 Å². The molecule has 0 N–H and O–H groups in total. The van der Waals surface area contributed by atoms with Gasteiger partial charge in [-0.15, -0.1) is 0 Å². The van der Waals surface area contributed by atoms with Crippen LogP contribution in [0.4, 0.5) is 5.69 Å². The predicted molar refractivity (Wildman–Crippen MR) is 92.0 cm³/mol.